The predicted molar refractivity (Wildman–Crippen MR) is 71.3 cm³/mol. The number of nitrogens with zero attached hydrogens (tertiary/aromatic N) is 2. The van der Waals surface area contributed by atoms with E-state index in [4.69, 9.17) is 10.3 Å². The molecule has 1 atom stereocenters. The molecular weight excluding hydrogens is 266 g/mol. The second-order valence-electron chi connectivity index (χ2n) is 5.42. The maximum atomic E-state index is 11.5. The predicted octanol–water partition coefficient (Wildman–Crippen LogP) is 1.41. The van der Waals surface area contributed by atoms with Crippen molar-refractivity contribution in [3.63, 3.8) is 0 Å². The molecule has 1 saturated carbocycles. The fourth-order valence-corrected chi connectivity index (χ4v) is 2.89. The molecule has 1 aromatic rings. The molecule has 1 aliphatic rings. The first-order valence-electron chi connectivity index (χ1n) is 6.64. The number of hydrogen-bond donors (Lipinski definition) is 1. The zero-order valence-corrected chi connectivity index (χ0v) is 12.2. The lowest BCUT2D eigenvalue weighted by Gasteiger charge is -2.24. The van der Waals surface area contributed by atoms with E-state index in [1.54, 1.807) is 6.92 Å². The molecule has 7 heteroatoms. The van der Waals surface area contributed by atoms with Crippen LogP contribution in [0.4, 0.5) is 0 Å². The molecule has 1 heterocycles. The Bertz CT molecular complexity index is 518. The Hall–Kier alpha value is -0.950. The third-order valence-electron chi connectivity index (χ3n) is 3.99. The van der Waals surface area contributed by atoms with Gasteiger partial charge in [-0.05, 0) is 45.1 Å². The van der Waals surface area contributed by atoms with Gasteiger partial charge < -0.3 is 10.3 Å². The van der Waals surface area contributed by atoms with Crippen molar-refractivity contribution in [2.75, 3.05) is 12.8 Å². The second-order valence-corrected chi connectivity index (χ2v) is 7.78. The van der Waals surface area contributed by atoms with Crippen molar-refractivity contribution in [2.24, 2.45) is 11.7 Å². The number of nitrogens with two attached hydrogens (primary N) is 1. The highest BCUT2D eigenvalue weighted by Crippen LogP contribution is 2.35. The van der Waals surface area contributed by atoms with E-state index < -0.39 is 15.1 Å². The SMILES string of the molecule is CC(c1noc(C2CCC(CN)CC2)n1)S(C)(=O)=O. The lowest BCUT2D eigenvalue weighted by atomic mass is 9.82. The molecule has 108 valence electrons. The van der Waals surface area contributed by atoms with Crippen LogP contribution in [0.3, 0.4) is 0 Å². The van der Waals surface area contributed by atoms with E-state index in [9.17, 15) is 8.42 Å². The van der Waals surface area contributed by atoms with Gasteiger partial charge in [0, 0.05) is 12.2 Å². The maximum absolute atomic E-state index is 11.5. The van der Waals surface area contributed by atoms with E-state index in [-0.39, 0.29) is 11.7 Å². The van der Waals surface area contributed by atoms with Crippen molar-refractivity contribution in [3.8, 4) is 0 Å². The minimum absolute atomic E-state index is 0.246. The molecule has 0 amide bonds. The van der Waals surface area contributed by atoms with Crippen molar-refractivity contribution >= 4 is 9.84 Å². The van der Waals surface area contributed by atoms with Gasteiger partial charge in [0.25, 0.3) is 0 Å². The zero-order chi connectivity index (χ0) is 14.0. The number of aromatic nitrogens is 2. The standard InChI is InChI=1S/C12H21N3O3S/c1-8(19(2,16)17)11-14-12(18-15-11)10-5-3-9(7-13)4-6-10/h8-10H,3-7,13H2,1-2H3. The van der Waals surface area contributed by atoms with Crippen LogP contribution < -0.4 is 5.73 Å². The average molecular weight is 287 g/mol. The van der Waals surface area contributed by atoms with E-state index >= 15 is 0 Å². The summed E-state index contributed by atoms with van der Waals surface area (Å²) in [6.07, 6.45) is 5.29. The van der Waals surface area contributed by atoms with Gasteiger partial charge in [-0.2, -0.15) is 4.98 Å². The first kappa shape index (κ1) is 14.5. The van der Waals surface area contributed by atoms with Gasteiger partial charge in [-0.3, -0.25) is 0 Å². The van der Waals surface area contributed by atoms with Gasteiger partial charge in [0.05, 0.1) is 0 Å². The Morgan fingerprint density at radius 2 is 2.00 bits per heavy atom. The van der Waals surface area contributed by atoms with E-state index in [1.807, 2.05) is 0 Å². The summed E-state index contributed by atoms with van der Waals surface area (Å²) in [5, 5.41) is 3.09. The second kappa shape index (κ2) is 5.58. The quantitative estimate of drug-likeness (QED) is 0.898. The summed E-state index contributed by atoms with van der Waals surface area (Å²) < 4.78 is 28.2. The molecular formula is C12H21N3O3S. The van der Waals surface area contributed by atoms with Crippen LogP contribution in [-0.4, -0.2) is 31.4 Å². The van der Waals surface area contributed by atoms with Gasteiger partial charge in [0.1, 0.15) is 5.25 Å². The lowest BCUT2D eigenvalue weighted by molar-refractivity contribution is 0.274. The summed E-state index contributed by atoms with van der Waals surface area (Å²) >= 11 is 0. The molecule has 0 aromatic carbocycles. The van der Waals surface area contributed by atoms with Crippen LogP contribution >= 0.6 is 0 Å². The molecule has 0 spiro atoms. The van der Waals surface area contributed by atoms with Crippen LogP contribution in [0.1, 0.15) is 55.5 Å². The topological polar surface area (TPSA) is 99.1 Å². The highest BCUT2D eigenvalue weighted by Gasteiger charge is 2.28. The Balaban J connectivity index is 2.06. The summed E-state index contributed by atoms with van der Waals surface area (Å²) in [7, 11) is -3.19. The Labute approximate surface area is 113 Å². The van der Waals surface area contributed by atoms with E-state index in [0.717, 1.165) is 32.2 Å². The van der Waals surface area contributed by atoms with Gasteiger partial charge in [-0.15, -0.1) is 0 Å². The fourth-order valence-electron chi connectivity index (χ4n) is 2.41. The smallest absolute Gasteiger partial charge is 0.229 e. The number of rotatable bonds is 4. The molecule has 2 rings (SSSR count). The summed E-state index contributed by atoms with van der Waals surface area (Å²) in [6.45, 7) is 2.31. The third-order valence-corrected chi connectivity index (χ3v) is 5.49. The van der Waals surface area contributed by atoms with Crippen molar-refractivity contribution < 1.29 is 12.9 Å². The van der Waals surface area contributed by atoms with Crippen molar-refractivity contribution in [3.05, 3.63) is 11.7 Å². The van der Waals surface area contributed by atoms with Crippen LogP contribution in [0, 0.1) is 5.92 Å². The molecule has 2 N–H and O–H groups in total. The monoisotopic (exact) mass is 287 g/mol. The first-order chi connectivity index (χ1) is 8.91. The molecule has 1 fully saturated rings. The molecule has 19 heavy (non-hydrogen) atoms. The van der Waals surface area contributed by atoms with Crippen LogP contribution in [0.2, 0.25) is 0 Å². The van der Waals surface area contributed by atoms with Crippen LogP contribution in [-0.2, 0) is 9.84 Å². The van der Waals surface area contributed by atoms with Crippen LogP contribution in [0.5, 0.6) is 0 Å². The van der Waals surface area contributed by atoms with E-state index in [0.29, 0.717) is 11.8 Å². The highest BCUT2D eigenvalue weighted by atomic mass is 32.2. The highest BCUT2D eigenvalue weighted by molar-refractivity contribution is 7.90. The Morgan fingerprint density at radius 1 is 1.37 bits per heavy atom. The van der Waals surface area contributed by atoms with Crippen molar-refractivity contribution in [1.29, 1.82) is 0 Å². The molecule has 1 aliphatic carbocycles. The Kier molecular flexibility index (Phi) is 4.25. The molecule has 0 radical (unpaired) electrons. The Morgan fingerprint density at radius 3 is 2.53 bits per heavy atom. The summed E-state index contributed by atoms with van der Waals surface area (Å²) in [6, 6.07) is 0. The van der Waals surface area contributed by atoms with E-state index in [2.05, 4.69) is 10.1 Å². The minimum Gasteiger partial charge on any atom is -0.339 e. The van der Waals surface area contributed by atoms with E-state index in [1.165, 1.54) is 6.26 Å². The first-order valence-corrected chi connectivity index (χ1v) is 8.59. The van der Waals surface area contributed by atoms with Gasteiger partial charge in [-0.1, -0.05) is 5.16 Å². The minimum atomic E-state index is -3.19. The molecule has 1 unspecified atom stereocenters. The molecule has 0 saturated heterocycles. The van der Waals surface area contributed by atoms with Gasteiger partial charge in [-0.25, -0.2) is 8.42 Å². The average Bonchev–Trinajstić information content (AvgIpc) is 2.86. The van der Waals surface area contributed by atoms with Gasteiger partial charge >= 0.3 is 0 Å². The third kappa shape index (κ3) is 3.33. The zero-order valence-electron chi connectivity index (χ0n) is 11.4. The molecule has 0 aliphatic heterocycles. The molecule has 0 bridgehead atoms. The van der Waals surface area contributed by atoms with Crippen LogP contribution in [0.25, 0.3) is 0 Å². The largest absolute Gasteiger partial charge is 0.339 e. The summed E-state index contributed by atoms with van der Waals surface area (Å²) in [4.78, 5) is 4.26. The number of hydrogen-bond acceptors (Lipinski definition) is 6. The molecule has 6 nitrogen and oxygen atoms in total. The fraction of sp³-hybridized carbons (Fsp3) is 0.833. The van der Waals surface area contributed by atoms with Crippen LogP contribution in [0.15, 0.2) is 4.52 Å². The molecule has 1 aromatic heterocycles. The van der Waals surface area contributed by atoms with Gasteiger partial charge in [0.15, 0.2) is 15.7 Å². The van der Waals surface area contributed by atoms with Gasteiger partial charge in [0.2, 0.25) is 5.89 Å². The number of sulfone groups is 1. The summed E-state index contributed by atoms with van der Waals surface area (Å²) in [5.74, 6) is 1.67. The normalized spacial score (nSPS) is 26.3. The lowest BCUT2D eigenvalue weighted by Crippen LogP contribution is -2.20. The maximum Gasteiger partial charge on any atom is 0.229 e. The van der Waals surface area contributed by atoms with Crippen molar-refractivity contribution in [1.82, 2.24) is 10.1 Å². The van der Waals surface area contributed by atoms with Crippen molar-refractivity contribution in [2.45, 2.75) is 43.8 Å². The summed E-state index contributed by atoms with van der Waals surface area (Å²) in [5.41, 5.74) is 5.66.